The molecule has 0 aliphatic carbocycles. The van der Waals surface area contributed by atoms with Crippen LogP contribution >= 0.6 is 12.4 Å². The molecular formula is C5H8ClF2NO2. The van der Waals surface area contributed by atoms with Crippen LogP contribution in [-0.4, -0.2) is 29.6 Å². The van der Waals surface area contributed by atoms with Gasteiger partial charge in [-0.3, -0.25) is 10.1 Å². The largest absolute Gasteiger partial charge is 0.480 e. The Morgan fingerprint density at radius 2 is 2.18 bits per heavy atom. The molecule has 0 spiro atoms. The molecule has 1 heterocycles. The lowest BCUT2D eigenvalue weighted by atomic mass is 10.2. The summed E-state index contributed by atoms with van der Waals surface area (Å²) in [5.41, 5.74) is 0. The maximum atomic E-state index is 12.2. The summed E-state index contributed by atoms with van der Waals surface area (Å²) in [6.45, 7) is -0.524. The van der Waals surface area contributed by atoms with Gasteiger partial charge >= 0.3 is 5.97 Å². The molecule has 11 heavy (non-hydrogen) atoms. The Labute approximate surface area is 68.2 Å². The molecular weight excluding hydrogens is 180 g/mol. The quantitative estimate of drug-likeness (QED) is 0.628. The average Bonchev–Trinajstić information content (AvgIpc) is 2.10. The molecule has 0 aromatic carbocycles. The van der Waals surface area contributed by atoms with E-state index in [1.165, 1.54) is 0 Å². The lowest BCUT2D eigenvalue weighted by Gasteiger charge is -2.03. The molecule has 1 unspecified atom stereocenters. The maximum Gasteiger partial charge on any atom is 0.320 e. The second-order valence-electron chi connectivity index (χ2n) is 2.33. The van der Waals surface area contributed by atoms with Gasteiger partial charge in [0.2, 0.25) is 0 Å². The lowest BCUT2D eigenvalue weighted by molar-refractivity contribution is -0.139. The van der Waals surface area contributed by atoms with Crippen LogP contribution in [0, 0.1) is 0 Å². The first-order valence-corrected chi connectivity index (χ1v) is 2.85. The number of hydrogen-bond donors (Lipinski definition) is 2. The van der Waals surface area contributed by atoms with Crippen LogP contribution in [-0.2, 0) is 4.79 Å². The van der Waals surface area contributed by atoms with Crippen LogP contribution in [0.2, 0.25) is 0 Å². The molecule has 1 rings (SSSR count). The van der Waals surface area contributed by atoms with Crippen molar-refractivity contribution in [2.75, 3.05) is 6.54 Å². The van der Waals surface area contributed by atoms with Crippen molar-refractivity contribution in [3.63, 3.8) is 0 Å². The molecule has 3 nitrogen and oxygen atoms in total. The Hall–Kier alpha value is -0.420. The molecule has 1 saturated heterocycles. The van der Waals surface area contributed by atoms with Crippen LogP contribution in [0.4, 0.5) is 8.78 Å². The predicted octanol–water partition coefficient (Wildman–Crippen LogP) is 0.490. The van der Waals surface area contributed by atoms with Crippen LogP contribution in [0.15, 0.2) is 0 Å². The lowest BCUT2D eigenvalue weighted by Crippen LogP contribution is -2.30. The third-order valence-corrected chi connectivity index (χ3v) is 1.41. The zero-order valence-corrected chi connectivity index (χ0v) is 6.33. The van der Waals surface area contributed by atoms with Gasteiger partial charge < -0.3 is 5.11 Å². The van der Waals surface area contributed by atoms with Gasteiger partial charge in [-0.2, -0.15) is 0 Å². The zero-order chi connectivity index (χ0) is 7.78. The van der Waals surface area contributed by atoms with Crippen LogP contribution < -0.4 is 5.32 Å². The number of aliphatic carboxylic acids is 1. The highest BCUT2D eigenvalue weighted by atomic mass is 35.5. The Morgan fingerprint density at radius 3 is 2.36 bits per heavy atom. The van der Waals surface area contributed by atoms with Gasteiger partial charge in [0.1, 0.15) is 6.04 Å². The average molecular weight is 188 g/mol. The number of alkyl halides is 2. The van der Waals surface area contributed by atoms with Gasteiger partial charge in [-0.25, -0.2) is 8.78 Å². The molecule has 0 aromatic heterocycles. The van der Waals surface area contributed by atoms with Crippen molar-refractivity contribution < 1.29 is 18.7 Å². The number of hydrogen-bond acceptors (Lipinski definition) is 2. The summed E-state index contributed by atoms with van der Waals surface area (Å²) < 4.78 is 24.5. The third-order valence-electron chi connectivity index (χ3n) is 1.41. The molecule has 0 radical (unpaired) electrons. The van der Waals surface area contributed by atoms with Gasteiger partial charge in [0.25, 0.3) is 5.92 Å². The Kier molecular flexibility index (Phi) is 3.19. The van der Waals surface area contributed by atoms with Crippen molar-refractivity contribution in [2.24, 2.45) is 0 Å². The molecule has 1 aliphatic rings. The van der Waals surface area contributed by atoms with E-state index in [0.717, 1.165) is 0 Å². The number of rotatable bonds is 1. The number of carbonyl (C=O) groups is 1. The van der Waals surface area contributed by atoms with E-state index in [9.17, 15) is 13.6 Å². The molecule has 6 heteroatoms. The van der Waals surface area contributed by atoms with Gasteiger partial charge in [-0.15, -0.1) is 12.4 Å². The summed E-state index contributed by atoms with van der Waals surface area (Å²) in [5.74, 6) is -4.06. The zero-order valence-electron chi connectivity index (χ0n) is 5.51. The first-order chi connectivity index (χ1) is 4.51. The highest BCUT2D eigenvalue weighted by Gasteiger charge is 2.42. The monoisotopic (exact) mass is 187 g/mol. The van der Waals surface area contributed by atoms with Crippen molar-refractivity contribution >= 4 is 18.4 Å². The predicted molar refractivity (Wildman–Crippen MR) is 36.2 cm³/mol. The van der Waals surface area contributed by atoms with Gasteiger partial charge in [-0.05, 0) is 0 Å². The fraction of sp³-hybridized carbons (Fsp3) is 0.800. The highest BCUT2D eigenvalue weighted by molar-refractivity contribution is 5.85. The fourth-order valence-corrected chi connectivity index (χ4v) is 0.890. The van der Waals surface area contributed by atoms with Crippen molar-refractivity contribution in [1.29, 1.82) is 0 Å². The van der Waals surface area contributed by atoms with Crippen molar-refractivity contribution in [2.45, 2.75) is 18.4 Å². The van der Waals surface area contributed by atoms with Crippen LogP contribution in [0.1, 0.15) is 6.42 Å². The summed E-state index contributed by atoms with van der Waals surface area (Å²) in [7, 11) is 0. The van der Waals surface area contributed by atoms with Crippen molar-refractivity contribution in [3.8, 4) is 0 Å². The smallest absolute Gasteiger partial charge is 0.320 e. The fourth-order valence-electron chi connectivity index (χ4n) is 0.890. The molecule has 1 aliphatic heterocycles. The highest BCUT2D eigenvalue weighted by Crippen LogP contribution is 2.24. The standard InChI is InChI=1S/C5H7F2NO2.ClH/c6-5(7)1-3(4(9)10)8-2-5;/h3,8H,1-2H2,(H,9,10);1H. The third kappa shape index (κ3) is 2.59. The van der Waals surface area contributed by atoms with E-state index in [0.29, 0.717) is 0 Å². The Balaban J connectivity index is 0.000001000. The summed E-state index contributed by atoms with van der Waals surface area (Å²) in [4.78, 5) is 10.1. The van der Waals surface area contributed by atoms with E-state index in [1.807, 2.05) is 0 Å². The minimum atomic E-state index is -2.84. The number of nitrogens with one attached hydrogen (secondary N) is 1. The molecule has 1 atom stereocenters. The summed E-state index contributed by atoms with van der Waals surface area (Å²) >= 11 is 0. The molecule has 0 bridgehead atoms. The first kappa shape index (κ1) is 10.6. The van der Waals surface area contributed by atoms with E-state index < -0.39 is 30.9 Å². The minimum Gasteiger partial charge on any atom is -0.480 e. The number of carboxylic acid groups (broad SMARTS) is 1. The van der Waals surface area contributed by atoms with E-state index in [-0.39, 0.29) is 12.4 Å². The topological polar surface area (TPSA) is 49.3 Å². The second-order valence-corrected chi connectivity index (χ2v) is 2.33. The summed E-state index contributed by atoms with van der Waals surface area (Å²) in [6.07, 6.45) is -0.595. The van der Waals surface area contributed by atoms with Crippen molar-refractivity contribution in [3.05, 3.63) is 0 Å². The SMILES string of the molecule is Cl.O=C(O)C1CC(F)(F)CN1. The van der Waals surface area contributed by atoms with E-state index in [4.69, 9.17) is 5.11 Å². The first-order valence-electron chi connectivity index (χ1n) is 2.85. The van der Waals surface area contributed by atoms with Crippen LogP contribution in [0.25, 0.3) is 0 Å². The Morgan fingerprint density at radius 1 is 1.64 bits per heavy atom. The van der Waals surface area contributed by atoms with Crippen molar-refractivity contribution in [1.82, 2.24) is 5.32 Å². The molecule has 2 N–H and O–H groups in total. The molecule has 1 fully saturated rings. The summed E-state index contributed by atoms with van der Waals surface area (Å²) in [5, 5.41) is 10.4. The minimum absolute atomic E-state index is 0. The summed E-state index contributed by atoms with van der Waals surface area (Å²) in [6, 6.07) is -1.07. The molecule has 0 aromatic rings. The number of halogens is 3. The molecule has 0 amide bonds. The number of carboxylic acids is 1. The van der Waals surface area contributed by atoms with Gasteiger partial charge in [0, 0.05) is 6.42 Å². The van der Waals surface area contributed by atoms with E-state index in [2.05, 4.69) is 5.32 Å². The molecule has 66 valence electrons. The van der Waals surface area contributed by atoms with Crippen LogP contribution in [0.5, 0.6) is 0 Å². The van der Waals surface area contributed by atoms with Gasteiger partial charge in [0.15, 0.2) is 0 Å². The van der Waals surface area contributed by atoms with Crippen LogP contribution in [0.3, 0.4) is 0 Å². The second kappa shape index (κ2) is 3.32. The maximum absolute atomic E-state index is 12.2. The molecule has 0 saturated carbocycles. The normalized spacial score (nSPS) is 27.6. The van der Waals surface area contributed by atoms with E-state index >= 15 is 0 Å². The Bertz CT molecular complexity index is 165. The van der Waals surface area contributed by atoms with Gasteiger partial charge in [0.05, 0.1) is 6.54 Å². The van der Waals surface area contributed by atoms with Gasteiger partial charge in [-0.1, -0.05) is 0 Å². The van der Waals surface area contributed by atoms with E-state index in [1.54, 1.807) is 0 Å².